The van der Waals surface area contributed by atoms with Gasteiger partial charge in [0.2, 0.25) is 0 Å². The molecule has 2 rings (SSSR count). The Morgan fingerprint density at radius 3 is 2.20 bits per heavy atom. The van der Waals surface area contributed by atoms with E-state index in [0.29, 0.717) is 0 Å². The van der Waals surface area contributed by atoms with E-state index in [2.05, 4.69) is 4.98 Å². The van der Waals surface area contributed by atoms with Crippen molar-refractivity contribution in [3.63, 3.8) is 0 Å². The molecule has 2 nitrogen and oxygen atoms in total. The molecule has 0 saturated heterocycles. The fourth-order valence-electron chi connectivity index (χ4n) is 1.76. The van der Waals surface area contributed by atoms with Crippen molar-refractivity contribution in [1.82, 2.24) is 4.98 Å². The predicted molar refractivity (Wildman–Crippen MR) is 70.1 cm³/mol. The maximum atomic E-state index is 12.9. The van der Waals surface area contributed by atoms with Gasteiger partial charge in [0.25, 0.3) is 0 Å². The van der Waals surface area contributed by atoms with Crippen molar-refractivity contribution in [2.45, 2.75) is 6.18 Å². The zero-order valence-electron chi connectivity index (χ0n) is 9.71. The molecule has 0 aliphatic rings. The van der Waals surface area contributed by atoms with Crippen molar-refractivity contribution in [2.24, 2.45) is 0 Å². The molecule has 2 aromatic rings. The zero-order valence-corrected chi connectivity index (χ0v) is 11.2. The summed E-state index contributed by atoms with van der Waals surface area (Å²) in [6.45, 7) is 0. The van der Waals surface area contributed by atoms with Gasteiger partial charge in [0.1, 0.15) is 0 Å². The molecule has 1 heterocycles. The third kappa shape index (κ3) is 2.64. The number of benzene rings is 1. The number of pyridine rings is 1. The Morgan fingerprint density at radius 1 is 1.10 bits per heavy atom. The Hall–Kier alpha value is -1.59. The Morgan fingerprint density at radius 2 is 1.70 bits per heavy atom. The molecule has 0 N–H and O–H groups in total. The van der Waals surface area contributed by atoms with Crippen LogP contribution in [0.15, 0.2) is 30.5 Å². The standard InChI is InChI=1S/C13H6Cl2F3NO/c14-9-2-1-3-10(15)11(9)12-7(6-20)8(4-5-19-12)13(16,17)18/h1-6H. The minimum atomic E-state index is -4.67. The number of hydrogen-bond acceptors (Lipinski definition) is 2. The van der Waals surface area contributed by atoms with Gasteiger partial charge in [0, 0.05) is 11.8 Å². The third-order valence-corrected chi connectivity index (χ3v) is 3.24. The topological polar surface area (TPSA) is 30.0 Å². The van der Waals surface area contributed by atoms with Gasteiger partial charge in [-0.25, -0.2) is 0 Å². The number of aldehydes is 1. The molecule has 0 unspecified atom stereocenters. The Bertz CT molecular complexity index is 651. The van der Waals surface area contributed by atoms with Gasteiger partial charge in [-0.05, 0) is 18.2 Å². The van der Waals surface area contributed by atoms with Crippen LogP contribution >= 0.6 is 23.2 Å². The molecule has 0 atom stereocenters. The summed E-state index contributed by atoms with van der Waals surface area (Å²) in [5.74, 6) is 0. The fourth-order valence-corrected chi connectivity index (χ4v) is 2.34. The second kappa shape index (κ2) is 5.42. The monoisotopic (exact) mass is 319 g/mol. The van der Waals surface area contributed by atoms with Crippen LogP contribution in [-0.4, -0.2) is 11.3 Å². The molecule has 0 bridgehead atoms. The molecule has 0 radical (unpaired) electrons. The molecule has 1 aromatic carbocycles. The minimum absolute atomic E-state index is 0.101. The van der Waals surface area contributed by atoms with E-state index < -0.39 is 17.3 Å². The Labute approximate surface area is 122 Å². The molecule has 0 amide bonds. The molecular weight excluding hydrogens is 314 g/mol. The average molecular weight is 320 g/mol. The normalized spacial score (nSPS) is 11.4. The summed E-state index contributed by atoms with van der Waals surface area (Å²) in [5.41, 5.74) is -1.75. The van der Waals surface area contributed by atoms with E-state index in [1.807, 2.05) is 0 Å². The first-order valence-electron chi connectivity index (χ1n) is 5.32. The molecule has 104 valence electrons. The van der Waals surface area contributed by atoms with Gasteiger partial charge in [-0.1, -0.05) is 29.3 Å². The van der Waals surface area contributed by atoms with E-state index in [0.717, 1.165) is 12.3 Å². The largest absolute Gasteiger partial charge is 0.417 e. The number of hydrogen-bond donors (Lipinski definition) is 0. The van der Waals surface area contributed by atoms with Crippen LogP contribution in [0.25, 0.3) is 11.3 Å². The summed E-state index contributed by atoms with van der Waals surface area (Å²) in [6, 6.07) is 5.19. The maximum Gasteiger partial charge on any atom is 0.417 e. The average Bonchev–Trinajstić information content (AvgIpc) is 2.37. The van der Waals surface area contributed by atoms with Crippen molar-refractivity contribution >= 4 is 29.5 Å². The van der Waals surface area contributed by atoms with Crippen molar-refractivity contribution < 1.29 is 18.0 Å². The minimum Gasteiger partial charge on any atom is -0.298 e. The van der Waals surface area contributed by atoms with Crippen LogP contribution < -0.4 is 0 Å². The van der Waals surface area contributed by atoms with Crippen molar-refractivity contribution in [1.29, 1.82) is 0 Å². The lowest BCUT2D eigenvalue weighted by atomic mass is 10.0. The molecule has 0 aliphatic carbocycles. The van der Waals surface area contributed by atoms with E-state index in [1.165, 1.54) is 12.1 Å². The fraction of sp³-hybridized carbons (Fsp3) is 0.0769. The highest BCUT2D eigenvalue weighted by Crippen LogP contribution is 2.39. The SMILES string of the molecule is O=Cc1c(C(F)(F)F)ccnc1-c1c(Cl)cccc1Cl. The first-order valence-corrected chi connectivity index (χ1v) is 6.07. The van der Waals surface area contributed by atoms with Crippen LogP contribution in [0, 0.1) is 0 Å². The van der Waals surface area contributed by atoms with E-state index in [-0.39, 0.29) is 27.6 Å². The van der Waals surface area contributed by atoms with Gasteiger partial charge in [0.05, 0.1) is 26.9 Å². The summed E-state index contributed by atoms with van der Waals surface area (Å²) in [4.78, 5) is 14.9. The quantitative estimate of drug-likeness (QED) is 0.738. The van der Waals surface area contributed by atoms with Gasteiger partial charge in [-0.3, -0.25) is 9.78 Å². The number of rotatable bonds is 2. The lowest BCUT2D eigenvalue weighted by Gasteiger charge is -2.13. The van der Waals surface area contributed by atoms with Gasteiger partial charge in [-0.2, -0.15) is 13.2 Å². The second-order valence-corrected chi connectivity index (χ2v) is 4.65. The lowest BCUT2D eigenvalue weighted by molar-refractivity contribution is -0.137. The van der Waals surface area contributed by atoms with Crippen LogP contribution in [0.5, 0.6) is 0 Å². The van der Waals surface area contributed by atoms with Crippen LogP contribution in [-0.2, 0) is 6.18 Å². The summed E-state index contributed by atoms with van der Waals surface area (Å²) < 4.78 is 38.6. The van der Waals surface area contributed by atoms with Crippen molar-refractivity contribution in [3.05, 3.63) is 51.6 Å². The molecule has 1 aromatic heterocycles. The summed E-state index contributed by atoms with van der Waals surface area (Å²) in [7, 11) is 0. The highest BCUT2D eigenvalue weighted by Gasteiger charge is 2.35. The summed E-state index contributed by atoms with van der Waals surface area (Å²) in [5, 5.41) is 0.236. The smallest absolute Gasteiger partial charge is 0.298 e. The van der Waals surface area contributed by atoms with Crippen LogP contribution in [0.3, 0.4) is 0 Å². The van der Waals surface area contributed by atoms with Crippen molar-refractivity contribution in [3.8, 4) is 11.3 Å². The molecule has 0 spiro atoms. The number of carbonyl (C=O) groups excluding carboxylic acids is 1. The number of carbonyl (C=O) groups is 1. The number of aromatic nitrogens is 1. The van der Waals surface area contributed by atoms with Crippen molar-refractivity contribution in [2.75, 3.05) is 0 Å². The maximum absolute atomic E-state index is 12.9. The molecule has 7 heteroatoms. The Balaban J connectivity index is 2.79. The van der Waals surface area contributed by atoms with Crippen LogP contribution in [0.4, 0.5) is 13.2 Å². The van der Waals surface area contributed by atoms with E-state index >= 15 is 0 Å². The highest BCUT2D eigenvalue weighted by atomic mass is 35.5. The first kappa shape index (κ1) is 14.8. The Kier molecular flexibility index (Phi) is 4.01. The number of alkyl halides is 3. The van der Waals surface area contributed by atoms with E-state index in [4.69, 9.17) is 23.2 Å². The molecule has 0 aliphatic heterocycles. The number of nitrogens with zero attached hydrogens (tertiary/aromatic N) is 1. The van der Waals surface area contributed by atoms with Crippen LogP contribution in [0.1, 0.15) is 15.9 Å². The van der Waals surface area contributed by atoms with Gasteiger partial charge < -0.3 is 0 Å². The predicted octanol–water partition coefficient (Wildman–Crippen LogP) is 4.89. The van der Waals surface area contributed by atoms with Gasteiger partial charge >= 0.3 is 6.18 Å². The van der Waals surface area contributed by atoms with E-state index in [1.54, 1.807) is 6.07 Å². The number of halogens is 5. The molecular formula is C13H6Cl2F3NO. The van der Waals surface area contributed by atoms with Crippen LogP contribution in [0.2, 0.25) is 10.0 Å². The lowest BCUT2D eigenvalue weighted by Crippen LogP contribution is -2.11. The summed E-state index contributed by atoms with van der Waals surface area (Å²) >= 11 is 11.9. The first-order chi connectivity index (χ1) is 9.36. The van der Waals surface area contributed by atoms with E-state index in [9.17, 15) is 18.0 Å². The molecule has 0 saturated carbocycles. The van der Waals surface area contributed by atoms with Gasteiger partial charge in [0.15, 0.2) is 6.29 Å². The third-order valence-electron chi connectivity index (χ3n) is 2.61. The highest BCUT2D eigenvalue weighted by molar-refractivity contribution is 6.39. The molecule has 0 fully saturated rings. The molecule has 20 heavy (non-hydrogen) atoms. The van der Waals surface area contributed by atoms with Gasteiger partial charge in [-0.15, -0.1) is 0 Å². The second-order valence-electron chi connectivity index (χ2n) is 3.83. The zero-order chi connectivity index (χ0) is 14.9. The summed E-state index contributed by atoms with van der Waals surface area (Å²) in [6.07, 6.45) is -3.60.